The van der Waals surface area contributed by atoms with Crippen LogP contribution in [0.1, 0.15) is 16.7 Å². The highest BCUT2D eigenvalue weighted by Crippen LogP contribution is 2.21. The van der Waals surface area contributed by atoms with Crippen LogP contribution in [0, 0.1) is 25.6 Å². The summed E-state index contributed by atoms with van der Waals surface area (Å²) in [6, 6.07) is 15.4. The van der Waals surface area contributed by atoms with E-state index in [1.807, 2.05) is 54.1 Å². The average Bonchev–Trinajstić information content (AvgIpc) is 3.07. The molecular weight excluding hydrogens is 386 g/mol. The van der Waals surface area contributed by atoms with Gasteiger partial charge in [-0.15, -0.1) is 0 Å². The van der Waals surface area contributed by atoms with E-state index in [0.717, 1.165) is 15.4 Å². The van der Waals surface area contributed by atoms with Gasteiger partial charge in [-0.25, -0.2) is 0 Å². The predicted molar refractivity (Wildman–Crippen MR) is 108 cm³/mol. The van der Waals surface area contributed by atoms with Crippen LogP contribution in [0.15, 0.2) is 74.0 Å². The molecule has 0 spiro atoms. The minimum absolute atomic E-state index is 0.0260. The van der Waals surface area contributed by atoms with Gasteiger partial charge in [-0.2, -0.15) is 19.8 Å². The van der Waals surface area contributed by atoms with Crippen molar-refractivity contribution in [1.29, 1.82) is 4.78 Å². The number of rotatable bonds is 3. The first-order valence-electron chi connectivity index (χ1n) is 7.78. The standard InChI is InChI=1S/C10H9NS2.C9H12O3S/c11-13(10-6-7-12-8-10)9-4-2-1-3-5-9;1-6-4-7(2)9(8(3)5-6)13(10,11)12/h1-8,11H;4-5H,1-3H3,(H,10,11,12). The molecule has 0 aliphatic heterocycles. The maximum atomic E-state index is 10.9. The first-order chi connectivity index (χ1) is 12.2. The van der Waals surface area contributed by atoms with Crippen molar-refractivity contribution in [2.24, 2.45) is 0 Å². The molecular formula is C19H21NO3S3. The van der Waals surface area contributed by atoms with Gasteiger partial charge in [0.15, 0.2) is 0 Å². The van der Waals surface area contributed by atoms with Crippen LogP contribution < -0.4 is 0 Å². The highest BCUT2D eigenvalue weighted by molar-refractivity contribution is 7.86. The summed E-state index contributed by atoms with van der Waals surface area (Å²) in [4.78, 5) is 2.22. The number of benzene rings is 2. The highest BCUT2D eigenvalue weighted by Gasteiger charge is 2.15. The molecule has 3 aromatic rings. The minimum Gasteiger partial charge on any atom is -0.282 e. The van der Waals surface area contributed by atoms with Crippen molar-refractivity contribution in [3.8, 4) is 0 Å². The first kappa shape index (κ1) is 20.5. The quantitative estimate of drug-likeness (QED) is 0.570. The first-order valence-corrected chi connectivity index (χ1v) is 11.4. The molecule has 0 saturated heterocycles. The molecule has 4 nitrogen and oxygen atoms in total. The fraction of sp³-hybridized carbons (Fsp3) is 0.158. The zero-order valence-corrected chi connectivity index (χ0v) is 17.2. The Kier molecular flexibility index (Phi) is 6.88. The van der Waals surface area contributed by atoms with E-state index in [2.05, 4.69) is 0 Å². The highest BCUT2D eigenvalue weighted by atomic mass is 32.2. The van der Waals surface area contributed by atoms with Gasteiger partial charge in [-0.3, -0.25) is 9.33 Å². The van der Waals surface area contributed by atoms with E-state index in [1.165, 1.54) is 0 Å². The summed E-state index contributed by atoms with van der Waals surface area (Å²) < 4.78 is 38.8. The molecule has 1 unspecified atom stereocenters. The van der Waals surface area contributed by atoms with Crippen LogP contribution in [-0.2, 0) is 20.8 Å². The van der Waals surface area contributed by atoms with Crippen LogP contribution in [0.2, 0.25) is 0 Å². The molecule has 3 rings (SSSR count). The normalized spacial score (nSPS) is 12.2. The Hall–Kier alpha value is -1.80. The molecule has 0 aliphatic rings. The number of thiophene rings is 1. The van der Waals surface area contributed by atoms with Crippen LogP contribution in [-0.4, -0.2) is 13.0 Å². The number of aryl methyl sites for hydroxylation is 3. The molecule has 26 heavy (non-hydrogen) atoms. The zero-order chi connectivity index (χ0) is 19.3. The van der Waals surface area contributed by atoms with Crippen LogP contribution in [0.5, 0.6) is 0 Å². The van der Waals surface area contributed by atoms with Crippen LogP contribution in [0.25, 0.3) is 0 Å². The van der Waals surface area contributed by atoms with Gasteiger partial charge >= 0.3 is 0 Å². The van der Waals surface area contributed by atoms with E-state index in [4.69, 9.17) is 9.33 Å². The molecule has 2 N–H and O–H groups in total. The Balaban J connectivity index is 0.000000187. The fourth-order valence-electron chi connectivity index (χ4n) is 2.63. The van der Waals surface area contributed by atoms with Gasteiger partial charge in [0.05, 0.1) is 4.90 Å². The second-order valence-electron chi connectivity index (χ2n) is 5.78. The molecule has 2 aromatic carbocycles. The van der Waals surface area contributed by atoms with Crippen molar-refractivity contribution in [2.45, 2.75) is 35.5 Å². The zero-order valence-electron chi connectivity index (χ0n) is 14.8. The lowest BCUT2D eigenvalue weighted by molar-refractivity contribution is 0.482. The van der Waals surface area contributed by atoms with Gasteiger partial charge in [0.2, 0.25) is 0 Å². The van der Waals surface area contributed by atoms with Gasteiger partial charge in [0.25, 0.3) is 10.1 Å². The van der Waals surface area contributed by atoms with Crippen molar-refractivity contribution < 1.29 is 13.0 Å². The van der Waals surface area contributed by atoms with Crippen LogP contribution in [0.3, 0.4) is 0 Å². The maximum Gasteiger partial charge on any atom is 0.295 e. The molecule has 7 heteroatoms. The van der Waals surface area contributed by atoms with Crippen molar-refractivity contribution in [3.05, 3.63) is 76.0 Å². The van der Waals surface area contributed by atoms with Gasteiger partial charge in [-0.05, 0) is 66.2 Å². The van der Waals surface area contributed by atoms with E-state index in [9.17, 15) is 8.42 Å². The summed E-state index contributed by atoms with van der Waals surface area (Å²) in [5, 5.41) is 4.07. The average molecular weight is 408 g/mol. The van der Waals surface area contributed by atoms with E-state index in [0.29, 0.717) is 11.1 Å². The second-order valence-corrected chi connectivity index (χ2v) is 9.47. The Labute approximate surface area is 161 Å². The molecule has 0 fully saturated rings. The predicted octanol–water partition coefficient (Wildman–Crippen LogP) is 5.41. The molecule has 0 aliphatic carbocycles. The van der Waals surface area contributed by atoms with Crippen molar-refractivity contribution >= 4 is 32.1 Å². The molecule has 1 atom stereocenters. The fourth-order valence-corrected chi connectivity index (χ4v) is 5.63. The lowest BCUT2D eigenvalue weighted by Crippen LogP contribution is -2.04. The van der Waals surface area contributed by atoms with E-state index < -0.39 is 20.8 Å². The summed E-state index contributed by atoms with van der Waals surface area (Å²) in [5.74, 6) is 0. The Morgan fingerprint density at radius 3 is 2.00 bits per heavy atom. The molecule has 138 valence electrons. The summed E-state index contributed by atoms with van der Waals surface area (Å²) in [6.45, 7) is 5.22. The molecule has 0 radical (unpaired) electrons. The molecule has 0 bridgehead atoms. The van der Waals surface area contributed by atoms with Crippen LogP contribution in [0.4, 0.5) is 0 Å². The number of hydrogen-bond donors (Lipinski definition) is 2. The van der Waals surface area contributed by atoms with Gasteiger partial charge in [0.1, 0.15) is 0 Å². The Morgan fingerprint density at radius 2 is 1.54 bits per heavy atom. The molecule has 1 heterocycles. The summed E-state index contributed by atoms with van der Waals surface area (Å²) in [5.41, 5.74) is 2.16. The van der Waals surface area contributed by atoms with Crippen molar-refractivity contribution in [1.82, 2.24) is 0 Å². The molecule has 0 amide bonds. The van der Waals surface area contributed by atoms with Crippen molar-refractivity contribution in [2.75, 3.05) is 0 Å². The lowest BCUT2D eigenvalue weighted by Gasteiger charge is -2.07. The number of hydrogen-bond acceptors (Lipinski definition) is 4. The van der Waals surface area contributed by atoms with Crippen molar-refractivity contribution in [3.63, 3.8) is 0 Å². The Morgan fingerprint density at radius 1 is 0.962 bits per heavy atom. The SMILES string of the molecule is Cc1cc(C)c(S(=O)(=O)O)c(C)c1.N=S(c1ccccc1)c1ccsc1. The Bertz CT molecular complexity index is 973. The third kappa shape index (κ3) is 5.35. The van der Waals surface area contributed by atoms with Gasteiger partial charge < -0.3 is 0 Å². The van der Waals surface area contributed by atoms with E-state index in [1.54, 1.807) is 37.3 Å². The summed E-state index contributed by atoms with van der Waals surface area (Å²) in [6.07, 6.45) is 0. The third-order valence-corrected chi connectivity index (χ3v) is 7.03. The summed E-state index contributed by atoms with van der Waals surface area (Å²) >= 11 is 1.65. The van der Waals surface area contributed by atoms with E-state index >= 15 is 0 Å². The third-order valence-electron chi connectivity index (χ3n) is 3.57. The molecule has 1 aromatic heterocycles. The maximum absolute atomic E-state index is 10.9. The largest absolute Gasteiger partial charge is 0.295 e. The van der Waals surface area contributed by atoms with Gasteiger partial charge in [0, 0.05) is 15.2 Å². The van der Waals surface area contributed by atoms with Crippen LogP contribution >= 0.6 is 11.3 Å². The second kappa shape index (κ2) is 8.73. The summed E-state index contributed by atoms with van der Waals surface area (Å²) in [7, 11) is -4.59. The smallest absolute Gasteiger partial charge is 0.282 e. The van der Waals surface area contributed by atoms with Gasteiger partial charge in [-0.1, -0.05) is 35.9 Å². The van der Waals surface area contributed by atoms with E-state index in [-0.39, 0.29) is 4.90 Å². The monoisotopic (exact) mass is 407 g/mol. The minimum atomic E-state index is -4.08. The topological polar surface area (TPSA) is 78.2 Å². The number of nitrogens with one attached hydrogen (secondary N) is 1. The molecule has 0 saturated carbocycles. The lowest BCUT2D eigenvalue weighted by atomic mass is 10.1.